The summed E-state index contributed by atoms with van der Waals surface area (Å²) in [4.78, 5) is 1.37. The maximum atomic E-state index is 3.55. The van der Waals surface area contributed by atoms with Crippen molar-refractivity contribution < 1.29 is 0 Å². The molecule has 0 aliphatic carbocycles. The quantitative estimate of drug-likeness (QED) is 0.754. The molecule has 0 bridgehead atoms. The fraction of sp³-hybridized carbons (Fsp3) is 0.571. The van der Waals surface area contributed by atoms with Crippen LogP contribution in [0.5, 0.6) is 0 Å². The molecule has 0 saturated carbocycles. The minimum atomic E-state index is 0.561. The topological polar surface area (TPSA) is 12.0 Å². The summed E-state index contributed by atoms with van der Waals surface area (Å²) in [5, 5.41) is 4.15. The van der Waals surface area contributed by atoms with Gasteiger partial charge in [0.25, 0.3) is 0 Å². The molecular formula is C14H23NS. The van der Waals surface area contributed by atoms with E-state index in [0.717, 1.165) is 6.54 Å². The Morgan fingerprint density at radius 3 is 2.69 bits per heavy atom. The predicted molar refractivity (Wildman–Crippen MR) is 74.3 cm³/mol. The normalized spacial score (nSPS) is 14.8. The van der Waals surface area contributed by atoms with Crippen molar-refractivity contribution in [2.45, 2.75) is 50.3 Å². The molecule has 1 N–H and O–H groups in total. The average molecular weight is 237 g/mol. The van der Waals surface area contributed by atoms with Gasteiger partial charge in [0.1, 0.15) is 0 Å². The Kier molecular flexibility index (Phi) is 5.93. The Labute approximate surface area is 104 Å². The van der Waals surface area contributed by atoms with E-state index >= 15 is 0 Å². The Bertz CT molecular complexity index is 311. The minimum absolute atomic E-state index is 0.561. The van der Waals surface area contributed by atoms with Crippen molar-refractivity contribution in [3.63, 3.8) is 0 Å². The number of aryl methyl sites for hydroxylation is 1. The van der Waals surface area contributed by atoms with E-state index in [1.54, 1.807) is 0 Å². The maximum Gasteiger partial charge on any atom is 0.0217 e. The molecule has 16 heavy (non-hydrogen) atoms. The third-order valence-electron chi connectivity index (χ3n) is 2.73. The first-order valence-corrected chi connectivity index (χ1v) is 6.98. The van der Waals surface area contributed by atoms with Gasteiger partial charge in [-0.1, -0.05) is 31.5 Å². The second-order valence-corrected chi connectivity index (χ2v) is 5.83. The van der Waals surface area contributed by atoms with E-state index in [9.17, 15) is 0 Å². The summed E-state index contributed by atoms with van der Waals surface area (Å²) in [5.41, 5.74) is 1.34. The molecule has 0 aliphatic heterocycles. The monoisotopic (exact) mass is 237 g/mol. The number of rotatable bonds is 6. The van der Waals surface area contributed by atoms with Crippen LogP contribution in [-0.4, -0.2) is 17.8 Å². The van der Waals surface area contributed by atoms with Crippen LogP contribution in [0.4, 0.5) is 0 Å². The largest absolute Gasteiger partial charge is 0.313 e. The maximum absolute atomic E-state index is 3.55. The van der Waals surface area contributed by atoms with Crippen molar-refractivity contribution in [1.29, 1.82) is 0 Å². The number of hydrogen-bond acceptors (Lipinski definition) is 2. The summed E-state index contributed by atoms with van der Waals surface area (Å²) in [6.07, 6.45) is 1.20. The van der Waals surface area contributed by atoms with E-state index in [1.165, 1.54) is 16.9 Å². The molecule has 0 radical (unpaired) electrons. The SMILES string of the molecule is CCCNC(C)C(C)Sc1cccc(C)c1. The summed E-state index contributed by atoms with van der Waals surface area (Å²) in [6, 6.07) is 9.29. The van der Waals surface area contributed by atoms with Gasteiger partial charge in [0.05, 0.1) is 0 Å². The molecule has 2 unspecified atom stereocenters. The lowest BCUT2D eigenvalue weighted by Crippen LogP contribution is -2.34. The summed E-state index contributed by atoms with van der Waals surface area (Å²) < 4.78 is 0. The lowest BCUT2D eigenvalue weighted by atomic mass is 10.2. The molecule has 1 aromatic rings. The Balaban J connectivity index is 2.47. The van der Waals surface area contributed by atoms with E-state index < -0.39 is 0 Å². The summed E-state index contributed by atoms with van der Waals surface area (Å²) in [6.45, 7) is 10.0. The van der Waals surface area contributed by atoms with Gasteiger partial charge in [-0.05, 0) is 38.9 Å². The molecule has 0 aromatic heterocycles. The molecule has 2 atom stereocenters. The highest BCUT2D eigenvalue weighted by molar-refractivity contribution is 8.00. The predicted octanol–water partition coefficient (Wildman–Crippen LogP) is 3.86. The molecule has 1 nitrogen and oxygen atoms in total. The van der Waals surface area contributed by atoms with Crippen molar-refractivity contribution >= 4 is 11.8 Å². The first-order valence-electron chi connectivity index (χ1n) is 6.10. The van der Waals surface area contributed by atoms with E-state index in [0.29, 0.717) is 11.3 Å². The molecular weight excluding hydrogens is 214 g/mol. The third-order valence-corrected chi connectivity index (χ3v) is 4.04. The molecule has 0 heterocycles. The van der Waals surface area contributed by atoms with Crippen LogP contribution in [0.1, 0.15) is 32.8 Å². The van der Waals surface area contributed by atoms with E-state index in [2.05, 4.69) is 57.3 Å². The summed E-state index contributed by atoms with van der Waals surface area (Å²) >= 11 is 1.95. The number of benzene rings is 1. The average Bonchev–Trinajstić information content (AvgIpc) is 2.25. The van der Waals surface area contributed by atoms with Gasteiger partial charge >= 0.3 is 0 Å². The smallest absolute Gasteiger partial charge is 0.0217 e. The molecule has 0 saturated heterocycles. The van der Waals surface area contributed by atoms with Gasteiger partial charge in [-0.25, -0.2) is 0 Å². The standard InChI is InChI=1S/C14H23NS/c1-5-9-15-12(3)13(4)16-14-8-6-7-11(2)10-14/h6-8,10,12-13,15H,5,9H2,1-4H3. The molecule has 2 heteroatoms. The van der Waals surface area contributed by atoms with Gasteiger partial charge in [0.15, 0.2) is 0 Å². The molecule has 0 fully saturated rings. The zero-order valence-corrected chi connectivity index (χ0v) is 11.6. The van der Waals surface area contributed by atoms with Crippen LogP contribution in [0, 0.1) is 6.92 Å². The van der Waals surface area contributed by atoms with E-state index in [1.807, 2.05) is 11.8 Å². The Morgan fingerprint density at radius 1 is 1.31 bits per heavy atom. The van der Waals surface area contributed by atoms with Gasteiger partial charge in [-0.2, -0.15) is 0 Å². The first kappa shape index (κ1) is 13.6. The number of hydrogen-bond donors (Lipinski definition) is 1. The van der Waals surface area contributed by atoms with Crippen molar-refractivity contribution in [3.8, 4) is 0 Å². The van der Waals surface area contributed by atoms with Crippen LogP contribution in [0.25, 0.3) is 0 Å². The van der Waals surface area contributed by atoms with Crippen LogP contribution < -0.4 is 5.32 Å². The molecule has 0 amide bonds. The highest BCUT2D eigenvalue weighted by Crippen LogP contribution is 2.25. The van der Waals surface area contributed by atoms with Crippen LogP contribution >= 0.6 is 11.8 Å². The first-order chi connectivity index (χ1) is 7.63. The molecule has 0 spiro atoms. The van der Waals surface area contributed by atoms with E-state index in [-0.39, 0.29) is 0 Å². The fourth-order valence-corrected chi connectivity index (χ4v) is 2.68. The van der Waals surface area contributed by atoms with Gasteiger partial charge in [0.2, 0.25) is 0 Å². The number of nitrogens with one attached hydrogen (secondary N) is 1. The molecule has 1 aromatic carbocycles. The van der Waals surface area contributed by atoms with Crippen molar-refractivity contribution in [2.75, 3.05) is 6.54 Å². The second-order valence-electron chi connectivity index (χ2n) is 4.38. The van der Waals surface area contributed by atoms with Gasteiger partial charge in [-0.15, -0.1) is 11.8 Å². The van der Waals surface area contributed by atoms with Crippen LogP contribution in [0.2, 0.25) is 0 Å². The highest BCUT2D eigenvalue weighted by Gasteiger charge is 2.12. The van der Waals surface area contributed by atoms with Crippen LogP contribution in [0.15, 0.2) is 29.2 Å². The zero-order valence-electron chi connectivity index (χ0n) is 10.8. The molecule has 0 aliphatic rings. The summed E-state index contributed by atoms with van der Waals surface area (Å²) in [5.74, 6) is 0. The Morgan fingerprint density at radius 2 is 2.06 bits per heavy atom. The fourth-order valence-electron chi connectivity index (χ4n) is 1.54. The number of thioether (sulfide) groups is 1. The lowest BCUT2D eigenvalue weighted by molar-refractivity contribution is 0.542. The van der Waals surface area contributed by atoms with Crippen molar-refractivity contribution in [3.05, 3.63) is 29.8 Å². The van der Waals surface area contributed by atoms with E-state index in [4.69, 9.17) is 0 Å². The highest BCUT2D eigenvalue weighted by atomic mass is 32.2. The summed E-state index contributed by atoms with van der Waals surface area (Å²) in [7, 11) is 0. The zero-order chi connectivity index (χ0) is 12.0. The van der Waals surface area contributed by atoms with Gasteiger partial charge in [0, 0.05) is 16.2 Å². The minimum Gasteiger partial charge on any atom is -0.313 e. The van der Waals surface area contributed by atoms with Crippen molar-refractivity contribution in [1.82, 2.24) is 5.32 Å². The third kappa shape index (κ3) is 4.58. The molecule has 1 rings (SSSR count). The molecule has 90 valence electrons. The van der Waals surface area contributed by atoms with Gasteiger partial charge < -0.3 is 5.32 Å². The van der Waals surface area contributed by atoms with Crippen LogP contribution in [-0.2, 0) is 0 Å². The van der Waals surface area contributed by atoms with Gasteiger partial charge in [-0.3, -0.25) is 0 Å². The van der Waals surface area contributed by atoms with Crippen molar-refractivity contribution in [2.24, 2.45) is 0 Å². The second kappa shape index (κ2) is 6.97. The lowest BCUT2D eigenvalue weighted by Gasteiger charge is -2.20. The van der Waals surface area contributed by atoms with Crippen LogP contribution in [0.3, 0.4) is 0 Å². The Hall–Kier alpha value is -0.470.